The normalized spacial score (nSPS) is 10.7. The zero-order chi connectivity index (χ0) is 21.5. The van der Waals surface area contributed by atoms with Crippen LogP contribution in [0.3, 0.4) is 0 Å². The van der Waals surface area contributed by atoms with E-state index >= 15 is 0 Å². The number of hydrogen-bond acceptors (Lipinski definition) is 3. The summed E-state index contributed by atoms with van der Waals surface area (Å²) in [6.45, 7) is 0.665. The summed E-state index contributed by atoms with van der Waals surface area (Å²) >= 11 is 0. The van der Waals surface area contributed by atoms with Crippen LogP contribution in [0.25, 0.3) is 21.5 Å². The summed E-state index contributed by atoms with van der Waals surface area (Å²) in [6.07, 6.45) is 0.236. The molecule has 4 rings (SSSR count). The van der Waals surface area contributed by atoms with Crippen LogP contribution in [0.2, 0.25) is 0 Å². The van der Waals surface area contributed by atoms with E-state index in [2.05, 4.69) is 10.6 Å². The fraction of sp³-hybridized carbons (Fsp3) is 0.154. The zero-order valence-electron chi connectivity index (χ0n) is 17.1. The lowest BCUT2D eigenvalue weighted by Crippen LogP contribution is -2.39. The maximum Gasteiger partial charge on any atom is 0.239 e. The number of amides is 2. The van der Waals surface area contributed by atoms with Gasteiger partial charge in [0.1, 0.15) is 12.4 Å². The van der Waals surface area contributed by atoms with Gasteiger partial charge in [-0.15, -0.1) is 0 Å². The Hall–Kier alpha value is -3.86. The first-order valence-corrected chi connectivity index (χ1v) is 10.3. The molecule has 2 N–H and O–H groups in total. The molecule has 156 valence electrons. The standard InChI is InChI=1S/C26H24N2O3/c29-25(17-22-10-5-9-20-7-3-4-11-24(20)22)28-18-26(30)27-14-15-31-23-13-12-19-6-1-2-8-21(19)16-23/h1-13,16H,14-15,17-18H2,(H,27,30)(H,28,29). The van der Waals surface area contributed by atoms with Gasteiger partial charge in [0.25, 0.3) is 0 Å². The second-order valence-electron chi connectivity index (χ2n) is 7.30. The predicted molar refractivity (Wildman–Crippen MR) is 123 cm³/mol. The molecule has 0 aliphatic heterocycles. The molecule has 4 aromatic carbocycles. The van der Waals surface area contributed by atoms with Gasteiger partial charge in [0, 0.05) is 0 Å². The van der Waals surface area contributed by atoms with E-state index in [-0.39, 0.29) is 24.8 Å². The van der Waals surface area contributed by atoms with E-state index < -0.39 is 0 Å². The van der Waals surface area contributed by atoms with E-state index in [0.717, 1.165) is 32.9 Å². The summed E-state index contributed by atoms with van der Waals surface area (Å²) in [6, 6.07) is 27.8. The van der Waals surface area contributed by atoms with Crippen LogP contribution in [0, 0.1) is 0 Å². The third kappa shape index (κ3) is 5.39. The Morgan fingerprint density at radius 2 is 1.45 bits per heavy atom. The minimum absolute atomic E-state index is 0.0560. The Bertz CT molecular complexity index is 1210. The van der Waals surface area contributed by atoms with Crippen molar-refractivity contribution in [1.82, 2.24) is 10.6 Å². The molecule has 0 saturated carbocycles. The van der Waals surface area contributed by atoms with Crippen LogP contribution in [0.1, 0.15) is 5.56 Å². The Kier molecular flexibility index (Phi) is 6.43. The topological polar surface area (TPSA) is 67.4 Å². The SMILES string of the molecule is O=C(CNC(=O)Cc1cccc2ccccc12)NCCOc1ccc2ccccc2c1. The van der Waals surface area contributed by atoms with Gasteiger partial charge in [0.2, 0.25) is 11.8 Å². The van der Waals surface area contributed by atoms with Gasteiger partial charge in [-0.2, -0.15) is 0 Å². The van der Waals surface area contributed by atoms with E-state index in [9.17, 15) is 9.59 Å². The molecular weight excluding hydrogens is 388 g/mol. The highest BCUT2D eigenvalue weighted by Gasteiger charge is 2.09. The van der Waals surface area contributed by atoms with Gasteiger partial charge in [-0.05, 0) is 39.2 Å². The van der Waals surface area contributed by atoms with Crippen LogP contribution >= 0.6 is 0 Å². The molecule has 0 heterocycles. The third-order valence-electron chi connectivity index (χ3n) is 5.09. The first-order valence-electron chi connectivity index (χ1n) is 10.3. The van der Waals surface area contributed by atoms with Crippen molar-refractivity contribution in [2.24, 2.45) is 0 Å². The first kappa shape index (κ1) is 20.4. The number of fused-ring (bicyclic) bond motifs is 2. The van der Waals surface area contributed by atoms with Crippen molar-refractivity contribution in [3.63, 3.8) is 0 Å². The van der Waals surface area contributed by atoms with Crippen molar-refractivity contribution >= 4 is 33.4 Å². The van der Waals surface area contributed by atoms with Gasteiger partial charge in [0.15, 0.2) is 0 Å². The fourth-order valence-corrected chi connectivity index (χ4v) is 3.54. The van der Waals surface area contributed by atoms with Crippen molar-refractivity contribution in [2.45, 2.75) is 6.42 Å². The lowest BCUT2D eigenvalue weighted by molar-refractivity contribution is -0.125. The second kappa shape index (κ2) is 9.76. The van der Waals surface area contributed by atoms with Gasteiger partial charge in [0.05, 0.1) is 19.5 Å². The number of rotatable bonds is 8. The molecule has 5 nitrogen and oxygen atoms in total. The monoisotopic (exact) mass is 412 g/mol. The van der Waals surface area contributed by atoms with Crippen molar-refractivity contribution in [3.05, 3.63) is 90.5 Å². The molecule has 5 heteroatoms. The third-order valence-corrected chi connectivity index (χ3v) is 5.09. The summed E-state index contributed by atoms with van der Waals surface area (Å²) in [4.78, 5) is 24.3. The average molecular weight is 412 g/mol. The Morgan fingerprint density at radius 3 is 2.32 bits per heavy atom. The molecule has 0 aromatic heterocycles. The number of benzene rings is 4. The molecule has 0 spiro atoms. The van der Waals surface area contributed by atoms with Crippen LogP contribution in [0.5, 0.6) is 5.75 Å². The maximum absolute atomic E-state index is 12.3. The predicted octanol–water partition coefficient (Wildman–Crippen LogP) is 3.85. The fourth-order valence-electron chi connectivity index (χ4n) is 3.54. The number of carbonyl (C=O) groups excluding carboxylic acids is 2. The lowest BCUT2D eigenvalue weighted by Gasteiger charge is -2.10. The molecule has 31 heavy (non-hydrogen) atoms. The quantitative estimate of drug-likeness (QED) is 0.432. The highest BCUT2D eigenvalue weighted by molar-refractivity contribution is 5.91. The highest BCUT2D eigenvalue weighted by Crippen LogP contribution is 2.20. The largest absolute Gasteiger partial charge is 0.492 e. The van der Waals surface area contributed by atoms with Crippen molar-refractivity contribution in [3.8, 4) is 5.75 Å². The van der Waals surface area contributed by atoms with Crippen molar-refractivity contribution in [2.75, 3.05) is 19.7 Å². The number of carbonyl (C=O) groups is 2. The Labute approximate surface area is 181 Å². The summed E-state index contributed by atoms with van der Waals surface area (Å²) in [5, 5.41) is 9.85. The smallest absolute Gasteiger partial charge is 0.239 e. The Morgan fingerprint density at radius 1 is 0.710 bits per heavy atom. The molecule has 2 amide bonds. The van der Waals surface area contributed by atoms with E-state index in [4.69, 9.17) is 4.74 Å². The molecule has 0 saturated heterocycles. The van der Waals surface area contributed by atoms with Crippen LogP contribution in [0.4, 0.5) is 0 Å². The average Bonchev–Trinajstić information content (AvgIpc) is 2.81. The van der Waals surface area contributed by atoms with E-state index in [1.54, 1.807) is 0 Å². The first-order chi connectivity index (χ1) is 15.2. The lowest BCUT2D eigenvalue weighted by atomic mass is 10.0. The van der Waals surface area contributed by atoms with Gasteiger partial charge < -0.3 is 15.4 Å². The van der Waals surface area contributed by atoms with Gasteiger partial charge in [-0.1, -0.05) is 72.8 Å². The molecule has 0 radical (unpaired) electrons. The van der Waals surface area contributed by atoms with Crippen LogP contribution < -0.4 is 15.4 Å². The minimum atomic E-state index is -0.242. The number of nitrogens with one attached hydrogen (secondary N) is 2. The van der Waals surface area contributed by atoms with Gasteiger partial charge in [-0.3, -0.25) is 9.59 Å². The number of ether oxygens (including phenoxy) is 1. The number of hydrogen-bond donors (Lipinski definition) is 2. The minimum Gasteiger partial charge on any atom is -0.492 e. The molecule has 0 bridgehead atoms. The highest BCUT2D eigenvalue weighted by atomic mass is 16.5. The summed E-state index contributed by atoms with van der Waals surface area (Å²) < 4.78 is 5.71. The Balaban J connectivity index is 1.19. The summed E-state index contributed by atoms with van der Waals surface area (Å²) in [7, 11) is 0. The van der Waals surface area contributed by atoms with Crippen molar-refractivity contribution < 1.29 is 14.3 Å². The van der Waals surface area contributed by atoms with Crippen molar-refractivity contribution in [1.29, 1.82) is 0 Å². The van der Waals surface area contributed by atoms with Gasteiger partial charge in [-0.25, -0.2) is 0 Å². The van der Waals surface area contributed by atoms with E-state index in [1.165, 1.54) is 0 Å². The van der Waals surface area contributed by atoms with Crippen LogP contribution in [-0.2, 0) is 16.0 Å². The molecule has 0 unspecified atom stereocenters. The molecule has 0 aliphatic carbocycles. The second-order valence-corrected chi connectivity index (χ2v) is 7.30. The molecule has 4 aromatic rings. The summed E-state index contributed by atoms with van der Waals surface area (Å²) in [5.41, 5.74) is 0.944. The van der Waals surface area contributed by atoms with Gasteiger partial charge >= 0.3 is 0 Å². The molecular formula is C26H24N2O3. The molecule has 0 atom stereocenters. The molecule has 0 aliphatic rings. The summed E-state index contributed by atoms with van der Waals surface area (Å²) in [5.74, 6) is 0.337. The maximum atomic E-state index is 12.3. The zero-order valence-corrected chi connectivity index (χ0v) is 17.1. The van der Waals surface area contributed by atoms with E-state index in [0.29, 0.717) is 13.2 Å². The molecule has 0 fully saturated rings. The van der Waals surface area contributed by atoms with Crippen LogP contribution in [-0.4, -0.2) is 31.5 Å². The van der Waals surface area contributed by atoms with Crippen LogP contribution in [0.15, 0.2) is 84.9 Å². The van der Waals surface area contributed by atoms with E-state index in [1.807, 2.05) is 84.9 Å².